The first-order valence-corrected chi connectivity index (χ1v) is 30.9. The Hall–Kier alpha value is -10.7. The molecule has 4 heterocycles. The van der Waals surface area contributed by atoms with Gasteiger partial charge in [-0.25, -0.2) is 0 Å². The Bertz CT molecular complexity index is 5580. The quantitative estimate of drug-likeness (QED) is 0.0949. The maximum absolute atomic E-state index is 16.4. The standard InChI is InChI=1S/C70H36N8O5S4/c1-31-28-48(73-45-20-4-12-36-56(45)69(82)40-16-8-24-52-60(40)64(36)77-86-52)42(30-47(31)72-44-19-3-11-35-55(44)68(81)39-15-7-23-51-59(39)63(35)76-85-51)66(79)33-27-26-32(71-43-18-2-10-34-54(43)67(80)38-14-6-22-50-58(38)62(34)75-84-50)29-49(33)74-46-21-5-13-37-57(46)70(83)41-17-9-25-53-61(41)65(37)78-87-53/h2-30,71-74H,1H3. The number of rotatable bonds is 10. The number of hydrogen-bond donors (Lipinski definition) is 4. The zero-order valence-electron chi connectivity index (χ0n) is 45.2. The van der Waals surface area contributed by atoms with E-state index in [1.54, 1.807) is 18.2 Å². The second-order valence-corrected chi connectivity index (χ2v) is 25.1. The Morgan fingerprint density at radius 2 is 0.644 bits per heavy atom. The number of ketones is 5. The van der Waals surface area contributed by atoms with Crippen molar-refractivity contribution >= 4 is 161 Å². The summed E-state index contributed by atoms with van der Waals surface area (Å²) >= 11 is 5.39. The summed E-state index contributed by atoms with van der Waals surface area (Å²) in [6.45, 7) is 1.92. The van der Waals surface area contributed by atoms with E-state index in [0.717, 1.165) is 63.0 Å². The molecule has 4 aliphatic rings. The molecule has 4 N–H and O–H groups in total. The molecule has 10 aromatic carbocycles. The van der Waals surface area contributed by atoms with Gasteiger partial charge in [0.15, 0.2) is 28.9 Å². The van der Waals surface area contributed by atoms with Crippen LogP contribution in [0.4, 0.5) is 45.5 Å². The summed E-state index contributed by atoms with van der Waals surface area (Å²) in [6.07, 6.45) is 0. The van der Waals surface area contributed by atoms with E-state index in [4.69, 9.17) is 17.5 Å². The van der Waals surface area contributed by atoms with Gasteiger partial charge in [0.1, 0.15) is 0 Å². The summed E-state index contributed by atoms with van der Waals surface area (Å²) in [5, 5.41) is 17.6. The molecule has 17 heteroatoms. The van der Waals surface area contributed by atoms with Crippen LogP contribution in [0.3, 0.4) is 0 Å². The lowest BCUT2D eigenvalue weighted by atomic mass is 9.86. The zero-order chi connectivity index (χ0) is 58.1. The minimum absolute atomic E-state index is 0.137. The van der Waals surface area contributed by atoms with E-state index in [9.17, 15) is 19.2 Å². The molecule has 18 rings (SSSR count). The predicted molar refractivity (Wildman–Crippen MR) is 348 cm³/mol. The average Bonchev–Trinajstić information content (AvgIpc) is 1.82. The van der Waals surface area contributed by atoms with E-state index in [-0.39, 0.29) is 34.3 Å². The molecule has 0 amide bonds. The maximum atomic E-state index is 16.4. The molecule has 0 saturated carbocycles. The number of fused-ring (bicyclic) bond motifs is 8. The van der Waals surface area contributed by atoms with Gasteiger partial charge in [0, 0.05) is 88.6 Å². The van der Waals surface area contributed by atoms with Gasteiger partial charge in [-0.15, -0.1) is 0 Å². The van der Waals surface area contributed by atoms with Crippen LogP contribution in [0.15, 0.2) is 176 Å². The molecule has 0 spiro atoms. The van der Waals surface area contributed by atoms with E-state index < -0.39 is 5.78 Å². The summed E-state index contributed by atoms with van der Waals surface area (Å²) < 4.78 is 23.0. The van der Waals surface area contributed by atoms with Gasteiger partial charge in [-0.3, -0.25) is 24.0 Å². The minimum Gasteiger partial charge on any atom is -0.355 e. The molecule has 13 nitrogen and oxygen atoms in total. The Morgan fingerprint density at radius 3 is 1.02 bits per heavy atom. The summed E-state index contributed by atoms with van der Waals surface area (Å²) in [7, 11) is 0. The molecule has 410 valence electrons. The average molecular weight is 1200 g/mol. The highest BCUT2D eigenvalue weighted by atomic mass is 32.1. The van der Waals surface area contributed by atoms with Crippen molar-refractivity contribution in [3.05, 3.63) is 237 Å². The highest BCUT2D eigenvalue weighted by molar-refractivity contribution is 7.15. The molecule has 4 aliphatic carbocycles. The first-order valence-electron chi connectivity index (χ1n) is 27.8. The SMILES string of the molecule is Cc1cc(Nc2cccc3c2C(=O)c2cccc4snc-3c24)c(C(=O)c2ccc(Nc3cccc4c3C(=O)c3cccc5snc-4c35)cc2Nc2cccc3c2C(=O)c2cccc4snc-3c24)cc1Nc1cccc2c1C(=O)c1cccc3snc-2c13. The summed E-state index contributed by atoms with van der Waals surface area (Å²) in [4.78, 5) is 75.3. The van der Waals surface area contributed by atoms with Crippen LogP contribution >= 0.6 is 46.1 Å². The lowest BCUT2D eigenvalue weighted by Crippen LogP contribution is -2.15. The van der Waals surface area contributed by atoms with Gasteiger partial charge in [-0.2, -0.15) is 17.5 Å². The van der Waals surface area contributed by atoms with E-state index >= 15 is 4.79 Å². The molecule has 0 aliphatic heterocycles. The second kappa shape index (κ2) is 18.4. The Labute approximate surface area is 509 Å². The number of carbonyl (C=O) groups excluding carboxylic acids is 5. The molecule has 0 unspecified atom stereocenters. The molecule has 0 atom stereocenters. The fraction of sp³-hybridized carbons (Fsp3) is 0.0143. The monoisotopic (exact) mass is 1200 g/mol. The normalized spacial score (nSPS) is 13.0. The van der Waals surface area contributed by atoms with Gasteiger partial charge in [-0.1, -0.05) is 97.1 Å². The highest BCUT2D eigenvalue weighted by Crippen LogP contribution is 2.49. The molecule has 0 radical (unpaired) electrons. The molecule has 14 aromatic rings. The Morgan fingerprint density at radius 1 is 0.322 bits per heavy atom. The molecule has 4 aromatic heterocycles. The van der Waals surface area contributed by atoms with Crippen LogP contribution in [0.25, 0.3) is 85.4 Å². The maximum Gasteiger partial charge on any atom is 0.197 e. The van der Waals surface area contributed by atoms with Crippen molar-refractivity contribution in [1.82, 2.24) is 17.5 Å². The smallest absolute Gasteiger partial charge is 0.197 e. The van der Waals surface area contributed by atoms with Crippen molar-refractivity contribution in [2.45, 2.75) is 6.92 Å². The first-order chi connectivity index (χ1) is 42.6. The second-order valence-electron chi connectivity index (χ2n) is 21.9. The lowest BCUT2D eigenvalue weighted by Gasteiger charge is -2.24. The summed E-state index contributed by atoms with van der Waals surface area (Å²) in [5.74, 6) is -1.07. The van der Waals surface area contributed by atoms with Crippen LogP contribution in [-0.4, -0.2) is 46.4 Å². The number of carbonyl (C=O) groups is 5. The third-order valence-corrected chi connectivity index (χ3v) is 20.4. The lowest BCUT2D eigenvalue weighted by molar-refractivity contribution is 0.103. The van der Waals surface area contributed by atoms with Crippen molar-refractivity contribution in [2.24, 2.45) is 0 Å². The third-order valence-electron chi connectivity index (χ3n) is 17.1. The molecule has 0 saturated heterocycles. The molecular weight excluding hydrogens is 1160 g/mol. The fourth-order valence-corrected chi connectivity index (χ4v) is 16.5. The molecular formula is C70H36N8O5S4. The molecule has 0 bridgehead atoms. The van der Waals surface area contributed by atoms with Crippen molar-refractivity contribution < 1.29 is 24.0 Å². The minimum atomic E-state index is -0.429. The van der Waals surface area contributed by atoms with Gasteiger partial charge in [0.05, 0.1) is 98.0 Å². The summed E-state index contributed by atoms with van der Waals surface area (Å²) in [5.41, 5.74) is 14.6. The third kappa shape index (κ3) is 7.13. The van der Waals surface area contributed by atoms with Crippen molar-refractivity contribution in [2.75, 3.05) is 21.3 Å². The van der Waals surface area contributed by atoms with Gasteiger partial charge < -0.3 is 21.3 Å². The van der Waals surface area contributed by atoms with Crippen molar-refractivity contribution in [3.8, 4) is 45.0 Å². The van der Waals surface area contributed by atoms with Crippen LogP contribution in [0.5, 0.6) is 0 Å². The van der Waals surface area contributed by atoms with Gasteiger partial charge in [0.25, 0.3) is 0 Å². The van der Waals surface area contributed by atoms with Gasteiger partial charge in [-0.05, 0) is 137 Å². The number of nitrogens with zero attached hydrogens (tertiary/aromatic N) is 4. The van der Waals surface area contributed by atoms with Crippen LogP contribution in [0.1, 0.15) is 85.2 Å². The van der Waals surface area contributed by atoms with E-state index in [1.165, 1.54) is 46.1 Å². The van der Waals surface area contributed by atoms with Crippen molar-refractivity contribution in [1.29, 1.82) is 0 Å². The molecule has 87 heavy (non-hydrogen) atoms. The number of hydrogen-bond acceptors (Lipinski definition) is 17. The summed E-state index contributed by atoms with van der Waals surface area (Å²) in [6, 6.07) is 54.2. The molecule has 0 fully saturated rings. The fourth-order valence-electron chi connectivity index (χ4n) is 13.2. The first kappa shape index (κ1) is 49.7. The largest absolute Gasteiger partial charge is 0.355 e. The van der Waals surface area contributed by atoms with E-state index in [0.29, 0.717) is 118 Å². The van der Waals surface area contributed by atoms with Crippen molar-refractivity contribution in [3.63, 3.8) is 0 Å². The number of anilines is 8. The number of aromatic nitrogens is 4. The predicted octanol–water partition coefficient (Wildman–Crippen LogP) is 17.5. The van der Waals surface area contributed by atoms with Crippen LogP contribution in [0, 0.1) is 6.92 Å². The van der Waals surface area contributed by atoms with Crippen LogP contribution < -0.4 is 21.3 Å². The highest BCUT2D eigenvalue weighted by Gasteiger charge is 2.35. The number of benzene rings is 10. The zero-order valence-corrected chi connectivity index (χ0v) is 48.5. The topological polar surface area (TPSA) is 185 Å². The van der Waals surface area contributed by atoms with Gasteiger partial charge in [0.2, 0.25) is 0 Å². The Balaban J connectivity index is 0.807. The van der Waals surface area contributed by atoms with Crippen LogP contribution in [-0.2, 0) is 0 Å². The van der Waals surface area contributed by atoms with E-state index in [2.05, 4.69) is 21.3 Å². The number of nitrogens with one attached hydrogen (secondary N) is 4. The number of aryl methyl sites for hydroxylation is 1. The van der Waals surface area contributed by atoms with Crippen LogP contribution in [0.2, 0.25) is 0 Å². The Kier molecular flexibility index (Phi) is 10.5. The van der Waals surface area contributed by atoms with Gasteiger partial charge >= 0.3 is 0 Å². The van der Waals surface area contributed by atoms with E-state index in [1.807, 2.05) is 165 Å².